The van der Waals surface area contributed by atoms with Gasteiger partial charge >= 0.3 is 0 Å². The molecule has 3 heterocycles. The van der Waals surface area contributed by atoms with Crippen molar-refractivity contribution in [2.75, 3.05) is 31.6 Å². The zero-order valence-corrected chi connectivity index (χ0v) is 13.3. The highest BCUT2D eigenvalue weighted by atomic mass is 19.1. The molecule has 122 valence electrons. The number of methoxy groups -OCH3 is 1. The number of piperazine rings is 1. The lowest BCUT2D eigenvalue weighted by Crippen LogP contribution is -2.52. The smallest absolute Gasteiger partial charge is 0.213 e. The summed E-state index contributed by atoms with van der Waals surface area (Å²) in [6.07, 6.45) is 2.59. The van der Waals surface area contributed by atoms with Gasteiger partial charge in [-0.3, -0.25) is 4.90 Å². The van der Waals surface area contributed by atoms with Crippen LogP contribution in [0.1, 0.15) is 12.6 Å². The first-order chi connectivity index (χ1) is 11.2. The number of hydrogen-bond donors (Lipinski definition) is 0. The van der Waals surface area contributed by atoms with Crippen LogP contribution in [0.15, 0.2) is 30.7 Å². The molecule has 0 spiro atoms. The first-order valence-electron chi connectivity index (χ1n) is 7.62. The van der Waals surface area contributed by atoms with Gasteiger partial charge in [-0.1, -0.05) is 6.07 Å². The molecule has 1 fully saturated rings. The summed E-state index contributed by atoms with van der Waals surface area (Å²) in [6.45, 7) is 5.15. The largest absolute Gasteiger partial charge is 0.481 e. The van der Waals surface area contributed by atoms with E-state index in [0.29, 0.717) is 11.7 Å². The molecule has 1 unspecified atom stereocenters. The van der Waals surface area contributed by atoms with Crippen LogP contribution in [0.3, 0.4) is 0 Å². The number of ether oxygens (including phenoxy) is 1. The summed E-state index contributed by atoms with van der Waals surface area (Å²) in [5.74, 6) is 0.630. The van der Waals surface area contributed by atoms with Gasteiger partial charge < -0.3 is 9.64 Å². The summed E-state index contributed by atoms with van der Waals surface area (Å²) in [6, 6.07) is 6.04. The van der Waals surface area contributed by atoms with Crippen LogP contribution < -0.4 is 9.64 Å². The quantitative estimate of drug-likeness (QED) is 0.856. The summed E-state index contributed by atoms with van der Waals surface area (Å²) >= 11 is 0. The monoisotopic (exact) mass is 317 g/mol. The fraction of sp³-hybridized carbons (Fsp3) is 0.438. The minimum Gasteiger partial charge on any atom is -0.481 e. The molecule has 2 aromatic rings. The van der Waals surface area contributed by atoms with Crippen molar-refractivity contribution in [1.29, 1.82) is 0 Å². The van der Waals surface area contributed by atoms with Gasteiger partial charge in [0.25, 0.3) is 0 Å². The summed E-state index contributed by atoms with van der Waals surface area (Å²) in [5.41, 5.74) is 0.970. The predicted molar refractivity (Wildman–Crippen MR) is 84.9 cm³/mol. The maximum absolute atomic E-state index is 13.8. The number of anilines is 1. The van der Waals surface area contributed by atoms with Crippen molar-refractivity contribution in [3.8, 4) is 5.88 Å². The minimum atomic E-state index is -0.373. The third-order valence-corrected chi connectivity index (χ3v) is 4.07. The molecule has 1 atom stereocenters. The molecular weight excluding hydrogens is 297 g/mol. The molecular formula is C16H20FN5O. The van der Waals surface area contributed by atoms with Crippen molar-refractivity contribution in [2.45, 2.75) is 19.5 Å². The average Bonchev–Trinajstić information content (AvgIpc) is 2.57. The summed E-state index contributed by atoms with van der Waals surface area (Å²) < 4.78 is 19.0. The number of rotatable bonds is 4. The molecule has 7 heteroatoms. The Labute approximate surface area is 134 Å². The van der Waals surface area contributed by atoms with Gasteiger partial charge in [0.2, 0.25) is 5.88 Å². The summed E-state index contributed by atoms with van der Waals surface area (Å²) in [4.78, 5) is 16.5. The minimum absolute atomic E-state index is 0.270. The zero-order valence-electron chi connectivity index (χ0n) is 13.3. The Kier molecular flexibility index (Phi) is 4.66. The summed E-state index contributed by atoms with van der Waals surface area (Å²) in [5, 5.41) is 0. The van der Waals surface area contributed by atoms with E-state index in [-0.39, 0.29) is 11.9 Å². The van der Waals surface area contributed by atoms with Crippen molar-refractivity contribution in [2.24, 2.45) is 0 Å². The molecule has 3 rings (SSSR count). The molecule has 1 saturated heterocycles. The van der Waals surface area contributed by atoms with E-state index in [1.807, 2.05) is 23.1 Å². The van der Waals surface area contributed by atoms with Crippen molar-refractivity contribution in [3.05, 3.63) is 42.2 Å². The van der Waals surface area contributed by atoms with Crippen molar-refractivity contribution in [1.82, 2.24) is 19.9 Å². The standard InChI is InChI=1S/C16H20FN5O/c1-12-9-22(16-14(17)8-18-11-19-16)7-6-21(12)10-13-4-3-5-15(20-13)23-2/h3-5,8,11-12H,6-7,9-10H2,1-2H3. The molecule has 1 aliphatic heterocycles. The maximum Gasteiger partial charge on any atom is 0.213 e. The molecule has 0 aliphatic carbocycles. The Hall–Kier alpha value is -2.28. The second kappa shape index (κ2) is 6.87. The highest BCUT2D eigenvalue weighted by Gasteiger charge is 2.26. The third kappa shape index (κ3) is 3.56. The van der Waals surface area contributed by atoms with Crippen LogP contribution in [-0.2, 0) is 6.54 Å². The van der Waals surface area contributed by atoms with E-state index in [1.165, 1.54) is 12.5 Å². The van der Waals surface area contributed by atoms with Crippen molar-refractivity contribution >= 4 is 5.82 Å². The van der Waals surface area contributed by atoms with E-state index in [1.54, 1.807) is 7.11 Å². The maximum atomic E-state index is 13.8. The van der Waals surface area contributed by atoms with Crippen LogP contribution in [0.5, 0.6) is 5.88 Å². The molecule has 6 nitrogen and oxygen atoms in total. The molecule has 1 aliphatic rings. The molecule has 0 amide bonds. The van der Waals surface area contributed by atoms with Crippen LogP contribution in [0.25, 0.3) is 0 Å². The summed E-state index contributed by atoms with van der Waals surface area (Å²) in [7, 11) is 1.61. The number of aromatic nitrogens is 3. The lowest BCUT2D eigenvalue weighted by molar-refractivity contribution is 0.177. The Morgan fingerprint density at radius 1 is 1.35 bits per heavy atom. The van der Waals surface area contributed by atoms with Crippen molar-refractivity contribution < 1.29 is 9.13 Å². The fourth-order valence-corrected chi connectivity index (χ4v) is 2.83. The first-order valence-corrected chi connectivity index (χ1v) is 7.62. The lowest BCUT2D eigenvalue weighted by atomic mass is 10.1. The fourth-order valence-electron chi connectivity index (χ4n) is 2.83. The van der Waals surface area contributed by atoms with E-state index in [4.69, 9.17) is 4.74 Å². The molecule has 2 aromatic heterocycles. The first kappa shape index (κ1) is 15.6. The van der Waals surface area contributed by atoms with E-state index in [0.717, 1.165) is 31.9 Å². The van der Waals surface area contributed by atoms with Gasteiger partial charge in [-0.25, -0.2) is 19.3 Å². The Balaban J connectivity index is 1.66. The molecule has 0 saturated carbocycles. The van der Waals surface area contributed by atoms with E-state index in [2.05, 4.69) is 26.8 Å². The number of hydrogen-bond acceptors (Lipinski definition) is 6. The van der Waals surface area contributed by atoms with Gasteiger partial charge in [-0.2, -0.15) is 0 Å². The Morgan fingerprint density at radius 2 is 2.22 bits per heavy atom. The Morgan fingerprint density at radius 3 is 2.96 bits per heavy atom. The zero-order chi connectivity index (χ0) is 16.2. The van der Waals surface area contributed by atoms with Gasteiger partial charge in [-0.15, -0.1) is 0 Å². The topological polar surface area (TPSA) is 54.4 Å². The van der Waals surface area contributed by atoms with Gasteiger partial charge in [0.1, 0.15) is 6.33 Å². The van der Waals surface area contributed by atoms with Crippen LogP contribution in [0.2, 0.25) is 0 Å². The number of nitrogens with zero attached hydrogens (tertiary/aromatic N) is 5. The lowest BCUT2D eigenvalue weighted by Gasteiger charge is -2.40. The normalized spacial score (nSPS) is 18.9. The third-order valence-electron chi connectivity index (χ3n) is 4.07. The SMILES string of the molecule is COc1cccc(CN2CCN(c3ncncc3F)CC2C)n1. The predicted octanol–water partition coefficient (Wildman–Crippen LogP) is 1.73. The Bertz CT molecular complexity index is 668. The van der Waals surface area contributed by atoms with Crippen molar-refractivity contribution in [3.63, 3.8) is 0 Å². The van der Waals surface area contributed by atoms with Gasteiger partial charge in [0.15, 0.2) is 11.6 Å². The highest BCUT2D eigenvalue weighted by Crippen LogP contribution is 2.20. The molecule has 0 radical (unpaired) electrons. The second-order valence-corrected chi connectivity index (χ2v) is 5.63. The van der Waals surface area contributed by atoms with Gasteiger partial charge in [0.05, 0.1) is 19.0 Å². The second-order valence-electron chi connectivity index (χ2n) is 5.63. The molecule has 0 bridgehead atoms. The van der Waals surface area contributed by atoms with E-state index < -0.39 is 0 Å². The molecule has 0 aromatic carbocycles. The molecule has 23 heavy (non-hydrogen) atoms. The molecule has 0 N–H and O–H groups in total. The van der Waals surface area contributed by atoms with Crippen LogP contribution >= 0.6 is 0 Å². The average molecular weight is 317 g/mol. The van der Waals surface area contributed by atoms with E-state index in [9.17, 15) is 4.39 Å². The van der Waals surface area contributed by atoms with Gasteiger partial charge in [-0.05, 0) is 13.0 Å². The van der Waals surface area contributed by atoms with Crippen LogP contribution in [-0.4, -0.2) is 52.6 Å². The number of halogens is 1. The number of pyridine rings is 1. The van der Waals surface area contributed by atoms with E-state index >= 15 is 0 Å². The van der Waals surface area contributed by atoms with Gasteiger partial charge in [0, 0.05) is 38.3 Å². The van der Waals surface area contributed by atoms with Crippen LogP contribution in [0.4, 0.5) is 10.2 Å². The highest BCUT2D eigenvalue weighted by molar-refractivity contribution is 5.39. The van der Waals surface area contributed by atoms with Crippen LogP contribution in [0, 0.1) is 5.82 Å².